The largest absolute Gasteiger partial charge is 0.467 e. The lowest BCUT2D eigenvalue weighted by atomic mass is 10.2. The van der Waals surface area contributed by atoms with Crippen molar-refractivity contribution >= 4 is 11.4 Å². The molecule has 0 aliphatic heterocycles. The van der Waals surface area contributed by atoms with Crippen LogP contribution in [0.4, 0.5) is 11.4 Å². The normalized spacial score (nSPS) is 9.72. The summed E-state index contributed by atoms with van der Waals surface area (Å²) in [6.07, 6.45) is 1.53. The number of nitrogens with zero attached hydrogens (tertiary/aromatic N) is 2. The Balaban J connectivity index is 2.22. The first-order valence-corrected chi connectivity index (χ1v) is 5.15. The van der Waals surface area contributed by atoms with E-state index >= 15 is 0 Å². The number of hydrogen-bond acceptors (Lipinski definition) is 5. The standard InChI is InChI=1S/C12H9N3O3/c13-7-9-3-4-11(12(6-9)15(16)17)14-8-10-2-1-5-18-10/h1-6,14H,8H2. The lowest BCUT2D eigenvalue weighted by molar-refractivity contribution is -0.384. The highest BCUT2D eigenvalue weighted by molar-refractivity contribution is 5.64. The van der Waals surface area contributed by atoms with Crippen LogP contribution in [0.3, 0.4) is 0 Å². The van der Waals surface area contributed by atoms with E-state index in [4.69, 9.17) is 9.68 Å². The van der Waals surface area contributed by atoms with Gasteiger partial charge in [-0.05, 0) is 24.3 Å². The summed E-state index contributed by atoms with van der Waals surface area (Å²) in [5.41, 5.74) is 0.487. The maximum atomic E-state index is 10.9. The number of hydrogen-bond donors (Lipinski definition) is 1. The van der Waals surface area contributed by atoms with Crippen LogP contribution in [-0.2, 0) is 6.54 Å². The Labute approximate surface area is 103 Å². The van der Waals surface area contributed by atoms with Crippen LogP contribution in [0, 0.1) is 21.4 Å². The van der Waals surface area contributed by atoms with Gasteiger partial charge in [-0.1, -0.05) is 0 Å². The summed E-state index contributed by atoms with van der Waals surface area (Å²) in [4.78, 5) is 10.4. The van der Waals surface area contributed by atoms with Gasteiger partial charge in [-0.25, -0.2) is 0 Å². The molecule has 0 bridgehead atoms. The van der Waals surface area contributed by atoms with Gasteiger partial charge in [0.1, 0.15) is 11.4 Å². The van der Waals surface area contributed by atoms with Crippen LogP contribution in [0.1, 0.15) is 11.3 Å². The maximum Gasteiger partial charge on any atom is 0.293 e. The summed E-state index contributed by atoms with van der Waals surface area (Å²) in [5.74, 6) is 0.675. The zero-order chi connectivity index (χ0) is 13.0. The van der Waals surface area contributed by atoms with Gasteiger partial charge in [-0.15, -0.1) is 0 Å². The molecule has 1 heterocycles. The Hall–Kier alpha value is -2.81. The van der Waals surface area contributed by atoms with Gasteiger partial charge >= 0.3 is 0 Å². The number of furan rings is 1. The summed E-state index contributed by atoms with van der Waals surface area (Å²) < 4.78 is 5.12. The third-order valence-corrected chi connectivity index (χ3v) is 2.36. The number of nitriles is 1. The maximum absolute atomic E-state index is 10.9. The van der Waals surface area contributed by atoms with E-state index in [2.05, 4.69) is 5.32 Å². The smallest absolute Gasteiger partial charge is 0.293 e. The molecule has 0 amide bonds. The van der Waals surface area contributed by atoms with Crippen LogP contribution >= 0.6 is 0 Å². The Bertz CT molecular complexity index is 600. The van der Waals surface area contributed by atoms with Gasteiger partial charge < -0.3 is 9.73 Å². The summed E-state index contributed by atoms with van der Waals surface area (Å²) in [7, 11) is 0. The third-order valence-electron chi connectivity index (χ3n) is 2.36. The van der Waals surface area contributed by atoms with Crippen LogP contribution in [0.25, 0.3) is 0 Å². The minimum absolute atomic E-state index is 0.124. The van der Waals surface area contributed by atoms with E-state index in [-0.39, 0.29) is 11.3 Å². The number of rotatable bonds is 4. The number of nitro benzene ring substituents is 1. The fourth-order valence-corrected chi connectivity index (χ4v) is 1.50. The van der Waals surface area contributed by atoms with Crippen molar-refractivity contribution < 1.29 is 9.34 Å². The monoisotopic (exact) mass is 243 g/mol. The minimum atomic E-state index is -0.523. The quantitative estimate of drug-likeness (QED) is 0.658. The van der Waals surface area contributed by atoms with Crippen LogP contribution in [0.15, 0.2) is 41.0 Å². The van der Waals surface area contributed by atoms with Gasteiger partial charge in [0.15, 0.2) is 0 Å². The molecule has 2 rings (SSSR count). The second-order valence-corrected chi connectivity index (χ2v) is 3.53. The molecule has 0 aliphatic rings. The second-order valence-electron chi connectivity index (χ2n) is 3.53. The predicted molar refractivity (Wildman–Crippen MR) is 63.8 cm³/mol. The van der Waals surface area contributed by atoms with E-state index in [9.17, 15) is 10.1 Å². The lowest BCUT2D eigenvalue weighted by Gasteiger charge is -2.05. The minimum Gasteiger partial charge on any atom is -0.467 e. The number of benzene rings is 1. The molecule has 0 atom stereocenters. The number of nitro groups is 1. The molecule has 2 aromatic rings. The van der Waals surface area contributed by atoms with Gasteiger partial charge in [-0.2, -0.15) is 5.26 Å². The van der Waals surface area contributed by atoms with Crippen molar-refractivity contribution in [2.45, 2.75) is 6.54 Å². The lowest BCUT2D eigenvalue weighted by Crippen LogP contribution is -2.02. The van der Waals surface area contributed by atoms with Crippen LogP contribution < -0.4 is 5.32 Å². The molecule has 1 N–H and O–H groups in total. The molecule has 0 saturated carbocycles. The van der Waals surface area contributed by atoms with Crippen molar-refractivity contribution in [1.82, 2.24) is 0 Å². The molecule has 1 aromatic carbocycles. The molecule has 0 saturated heterocycles. The summed E-state index contributed by atoms with van der Waals surface area (Å²) in [5, 5.41) is 22.5. The first-order chi connectivity index (χ1) is 8.70. The van der Waals surface area contributed by atoms with E-state index in [1.807, 2.05) is 6.07 Å². The average molecular weight is 243 g/mol. The van der Waals surface area contributed by atoms with E-state index in [0.29, 0.717) is 18.0 Å². The molecule has 90 valence electrons. The van der Waals surface area contributed by atoms with Crippen molar-refractivity contribution in [3.63, 3.8) is 0 Å². The first-order valence-electron chi connectivity index (χ1n) is 5.15. The zero-order valence-corrected chi connectivity index (χ0v) is 9.29. The molecular weight excluding hydrogens is 234 g/mol. The summed E-state index contributed by atoms with van der Waals surface area (Å²) >= 11 is 0. The molecule has 6 nitrogen and oxygen atoms in total. The van der Waals surface area contributed by atoms with Crippen molar-refractivity contribution in [3.8, 4) is 6.07 Å². The van der Waals surface area contributed by atoms with Crippen molar-refractivity contribution in [1.29, 1.82) is 5.26 Å². The van der Waals surface area contributed by atoms with E-state index < -0.39 is 4.92 Å². The van der Waals surface area contributed by atoms with Crippen LogP contribution in [0.2, 0.25) is 0 Å². The number of anilines is 1. The number of nitrogens with one attached hydrogen (secondary N) is 1. The van der Waals surface area contributed by atoms with Crippen LogP contribution in [0.5, 0.6) is 0 Å². The molecule has 0 aliphatic carbocycles. The van der Waals surface area contributed by atoms with E-state index in [0.717, 1.165) is 0 Å². The molecule has 0 spiro atoms. The highest BCUT2D eigenvalue weighted by Crippen LogP contribution is 2.25. The van der Waals surface area contributed by atoms with Crippen molar-refractivity contribution in [3.05, 3.63) is 58.0 Å². The summed E-state index contributed by atoms with van der Waals surface area (Å²) in [6.45, 7) is 0.347. The fourth-order valence-electron chi connectivity index (χ4n) is 1.50. The zero-order valence-electron chi connectivity index (χ0n) is 9.29. The van der Waals surface area contributed by atoms with Gasteiger partial charge in [0, 0.05) is 6.07 Å². The molecule has 18 heavy (non-hydrogen) atoms. The predicted octanol–water partition coefficient (Wildman–Crippen LogP) is 2.67. The van der Waals surface area contributed by atoms with Gasteiger partial charge in [0.2, 0.25) is 0 Å². The first kappa shape index (κ1) is 11.7. The van der Waals surface area contributed by atoms with Gasteiger partial charge in [0.05, 0.1) is 29.4 Å². The highest BCUT2D eigenvalue weighted by Gasteiger charge is 2.14. The van der Waals surface area contributed by atoms with Gasteiger partial charge in [0.25, 0.3) is 5.69 Å². The molecule has 0 unspecified atom stereocenters. The second kappa shape index (κ2) is 5.01. The molecule has 1 aromatic heterocycles. The van der Waals surface area contributed by atoms with E-state index in [1.165, 1.54) is 24.5 Å². The fraction of sp³-hybridized carbons (Fsp3) is 0.0833. The Kier molecular flexibility index (Phi) is 3.25. The molecule has 0 fully saturated rings. The van der Waals surface area contributed by atoms with Crippen molar-refractivity contribution in [2.75, 3.05) is 5.32 Å². The highest BCUT2D eigenvalue weighted by atomic mass is 16.6. The van der Waals surface area contributed by atoms with Gasteiger partial charge in [-0.3, -0.25) is 10.1 Å². The Morgan fingerprint density at radius 1 is 1.44 bits per heavy atom. The Morgan fingerprint density at radius 3 is 2.89 bits per heavy atom. The van der Waals surface area contributed by atoms with Crippen molar-refractivity contribution in [2.24, 2.45) is 0 Å². The topological polar surface area (TPSA) is 92.1 Å². The average Bonchev–Trinajstić information content (AvgIpc) is 2.89. The third kappa shape index (κ3) is 2.47. The summed E-state index contributed by atoms with van der Waals surface area (Å²) in [6, 6.07) is 9.65. The van der Waals surface area contributed by atoms with E-state index in [1.54, 1.807) is 12.1 Å². The molecule has 6 heteroatoms. The molecular formula is C12H9N3O3. The Morgan fingerprint density at radius 2 is 2.28 bits per heavy atom. The van der Waals surface area contributed by atoms with Crippen LogP contribution in [-0.4, -0.2) is 4.92 Å². The SMILES string of the molecule is N#Cc1ccc(NCc2ccco2)c([N+](=O)[O-])c1. The molecule has 0 radical (unpaired) electrons.